The molecule has 3 heteroatoms. The third kappa shape index (κ3) is 10.3. The van der Waals surface area contributed by atoms with Crippen molar-refractivity contribution in [3.8, 4) is 0 Å². The van der Waals surface area contributed by atoms with Crippen molar-refractivity contribution in [3.63, 3.8) is 0 Å². The van der Waals surface area contributed by atoms with Crippen molar-refractivity contribution < 1.29 is 9.53 Å². The van der Waals surface area contributed by atoms with Crippen LogP contribution in [0.5, 0.6) is 0 Å². The Hall–Kier alpha value is -0.240. The molecule has 0 radical (unpaired) electrons. The molecule has 1 unspecified atom stereocenters. The molecule has 0 spiro atoms. The van der Waals surface area contributed by atoms with Crippen molar-refractivity contribution in [2.45, 2.75) is 65.2 Å². The van der Waals surface area contributed by atoms with E-state index in [-0.39, 0.29) is 0 Å². The van der Waals surface area contributed by atoms with E-state index in [2.05, 4.69) is 13.8 Å². The van der Waals surface area contributed by atoms with E-state index >= 15 is 0 Å². The zero-order valence-electron chi connectivity index (χ0n) is 10.6. The highest BCUT2D eigenvalue weighted by Crippen LogP contribution is 2.18. The lowest BCUT2D eigenvalue weighted by molar-refractivity contribution is 0.144. The van der Waals surface area contributed by atoms with Crippen LogP contribution in [0.15, 0.2) is 0 Å². The number of hydrogen-bond donors (Lipinski definition) is 0. The molecule has 0 bridgehead atoms. The topological polar surface area (TPSA) is 26.3 Å². The maximum absolute atomic E-state index is 10.5. The van der Waals surface area contributed by atoms with Gasteiger partial charge >= 0.3 is 5.43 Å². The van der Waals surface area contributed by atoms with Crippen LogP contribution in [0.2, 0.25) is 0 Å². The highest BCUT2D eigenvalue weighted by atomic mass is 35.5. The van der Waals surface area contributed by atoms with Crippen molar-refractivity contribution in [2.75, 3.05) is 6.61 Å². The van der Waals surface area contributed by atoms with Crippen molar-refractivity contribution in [1.29, 1.82) is 0 Å². The standard InChI is InChI=1S/C13H25ClO2/c1-3-5-7-8-10-12(9-6-4-2)11-16-13(14)15/h12H,3-11H2,1-2H3. The summed E-state index contributed by atoms with van der Waals surface area (Å²) < 4.78 is 4.88. The van der Waals surface area contributed by atoms with Gasteiger partial charge in [-0.25, -0.2) is 4.79 Å². The van der Waals surface area contributed by atoms with Crippen LogP contribution >= 0.6 is 11.6 Å². The first kappa shape index (κ1) is 15.8. The predicted octanol–water partition coefficient (Wildman–Crippen LogP) is 5.14. The molecule has 0 saturated heterocycles. The van der Waals surface area contributed by atoms with E-state index in [4.69, 9.17) is 16.3 Å². The first-order valence-electron chi connectivity index (χ1n) is 6.52. The molecule has 0 aromatic heterocycles. The molecule has 2 nitrogen and oxygen atoms in total. The molecular weight excluding hydrogens is 224 g/mol. The van der Waals surface area contributed by atoms with Gasteiger partial charge in [0.15, 0.2) is 0 Å². The van der Waals surface area contributed by atoms with Gasteiger partial charge in [-0.15, -0.1) is 0 Å². The summed E-state index contributed by atoms with van der Waals surface area (Å²) in [6, 6.07) is 0. The number of carbonyl (C=O) groups excluding carboxylic acids is 1. The smallest absolute Gasteiger partial charge is 0.403 e. The van der Waals surface area contributed by atoms with Crippen LogP contribution in [0.3, 0.4) is 0 Å². The number of halogens is 1. The van der Waals surface area contributed by atoms with E-state index in [0.717, 1.165) is 12.8 Å². The first-order chi connectivity index (χ1) is 7.70. The zero-order chi connectivity index (χ0) is 12.2. The van der Waals surface area contributed by atoms with Crippen molar-refractivity contribution in [1.82, 2.24) is 0 Å². The van der Waals surface area contributed by atoms with Gasteiger partial charge in [-0.3, -0.25) is 0 Å². The van der Waals surface area contributed by atoms with Crippen LogP contribution in [0.1, 0.15) is 65.2 Å². The summed E-state index contributed by atoms with van der Waals surface area (Å²) in [5.74, 6) is 0.500. The fourth-order valence-corrected chi connectivity index (χ4v) is 1.91. The molecule has 0 aliphatic carbocycles. The minimum Gasteiger partial charge on any atom is -0.453 e. The first-order valence-corrected chi connectivity index (χ1v) is 6.90. The van der Waals surface area contributed by atoms with E-state index in [1.807, 2.05) is 0 Å². The highest BCUT2D eigenvalue weighted by molar-refractivity contribution is 6.61. The maximum atomic E-state index is 10.5. The minimum absolute atomic E-state index is 0.495. The average molecular weight is 249 g/mol. The lowest BCUT2D eigenvalue weighted by atomic mass is 9.96. The molecule has 0 fully saturated rings. The van der Waals surface area contributed by atoms with Crippen LogP contribution in [-0.4, -0.2) is 12.0 Å². The summed E-state index contributed by atoms with van der Waals surface area (Å²) in [5, 5.41) is 0. The van der Waals surface area contributed by atoms with Crippen molar-refractivity contribution in [2.24, 2.45) is 5.92 Å². The molecule has 0 aliphatic rings. The van der Waals surface area contributed by atoms with E-state index in [9.17, 15) is 4.79 Å². The summed E-state index contributed by atoms with van der Waals surface area (Å²) in [4.78, 5) is 10.5. The second kappa shape index (κ2) is 11.3. The summed E-state index contributed by atoms with van der Waals surface area (Å²) >= 11 is 5.18. The molecule has 96 valence electrons. The molecule has 0 aromatic rings. The molecule has 0 N–H and O–H groups in total. The van der Waals surface area contributed by atoms with E-state index in [1.165, 1.54) is 38.5 Å². The summed E-state index contributed by atoms with van der Waals surface area (Å²) in [6.45, 7) is 4.89. The van der Waals surface area contributed by atoms with E-state index in [1.54, 1.807) is 0 Å². The fourth-order valence-electron chi connectivity index (χ4n) is 1.85. The van der Waals surface area contributed by atoms with Gasteiger partial charge in [0.2, 0.25) is 0 Å². The summed E-state index contributed by atoms with van der Waals surface area (Å²) in [7, 11) is 0. The van der Waals surface area contributed by atoms with Crippen LogP contribution in [0, 0.1) is 5.92 Å². The number of unbranched alkanes of at least 4 members (excludes halogenated alkanes) is 4. The van der Waals surface area contributed by atoms with E-state index in [0.29, 0.717) is 12.5 Å². The number of carbonyl (C=O) groups is 1. The van der Waals surface area contributed by atoms with Gasteiger partial charge in [0.25, 0.3) is 0 Å². The minimum atomic E-state index is -0.671. The molecular formula is C13H25ClO2. The Bertz CT molecular complexity index is 171. The lowest BCUT2D eigenvalue weighted by Gasteiger charge is -2.15. The number of rotatable bonds is 10. The Morgan fingerprint density at radius 1 is 1.06 bits per heavy atom. The summed E-state index contributed by atoms with van der Waals surface area (Å²) in [6.07, 6.45) is 9.79. The van der Waals surface area contributed by atoms with Crippen LogP contribution in [-0.2, 0) is 4.74 Å². The molecule has 0 amide bonds. The van der Waals surface area contributed by atoms with Gasteiger partial charge in [0, 0.05) is 11.6 Å². The maximum Gasteiger partial charge on any atom is 0.403 e. The molecule has 0 aromatic carbocycles. The molecule has 0 heterocycles. The Labute approximate surface area is 105 Å². The molecule has 0 saturated carbocycles. The second-order valence-corrected chi connectivity index (χ2v) is 4.71. The Kier molecular flexibility index (Phi) is 11.1. The van der Waals surface area contributed by atoms with Gasteiger partial charge < -0.3 is 4.74 Å². The zero-order valence-corrected chi connectivity index (χ0v) is 11.4. The van der Waals surface area contributed by atoms with Gasteiger partial charge in [-0.2, -0.15) is 0 Å². The van der Waals surface area contributed by atoms with Gasteiger partial charge in [0.05, 0.1) is 6.61 Å². The number of ether oxygens (including phenoxy) is 1. The Morgan fingerprint density at radius 2 is 1.69 bits per heavy atom. The largest absolute Gasteiger partial charge is 0.453 e. The molecule has 0 aliphatic heterocycles. The van der Waals surface area contributed by atoms with Crippen LogP contribution in [0.25, 0.3) is 0 Å². The SMILES string of the molecule is CCCCCCC(CCCC)COC(=O)Cl. The van der Waals surface area contributed by atoms with Gasteiger partial charge in [-0.05, 0) is 18.8 Å². The quantitative estimate of drug-likeness (QED) is 0.395. The molecule has 1 atom stereocenters. The normalized spacial score (nSPS) is 12.4. The highest BCUT2D eigenvalue weighted by Gasteiger charge is 2.10. The lowest BCUT2D eigenvalue weighted by Crippen LogP contribution is -2.11. The fraction of sp³-hybridized carbons (Fsp3) is 0.923. The van der Waals surface area contributed by atoms with Crippen molar-refractivity contribution >= 4 is 17.0 Å². The van der Waals surface area contributed by atoms with Crippen molar-refractivity contribution in [3.05, 3.63) is 0 Å². The predicted molar refractivity (Wildman–Crippen MR) is 69.0 cm³/mol. The monoisotopic (exact) mass is 248 g/mol. The third-order valence-electron chi connectivity index (χ3n) is 2.86. The molecule has 0 rings (SSSR count). The Balaban J connectivity index is 3.66. The summed E-state index contributed by atoms with van der Waals surface area (Å²) in [5.41, 5.74) is -0.671. The van der Waals surface area contributed by atoms with Crippen LogP contribution in [0.4, 0.5) is 4.79 Å². The Morgan fingerprint density at radius 3 is 2.25 bits per heavy atom. The van der Waals surface area contributed by atoms with Crippen LogP contribution < -0.4 is 0 Å². The average Bonchev–Trinajstić information content (AvgIpc) is 2.26. The second-order valence-electron chi connectivity index (χ2n) is 4.41. The van der Waals surface area contributed by atoms with Gasteiger partial charge in [-0.1, -0.05) is 52.4 Å². The third-order valence-corrected chi connectivity index (χ3v) is 2.97. The van der Waals surface area contributed by atoms with E-state index < -0.39 is 5.43 Å². The molecule has 16 heavy (non-hydrogen) atoms. The van der Waals surface area contributed by atoms with Gasteiger partial charge in [0.1, 0.15) is 0 Å². The number of hydrogen-bond acceptors (Lipinski definition) is 2.